The topological polar surface area (TPSA) is 12.0 Å². The van der Waals surface area contributed by atoms with Crippen molar-refractivity contribution in [3.63, 3.8) is 0 Å². The standard InChI is InChI=1S/C14H19F2N/c1-4-17-12(7-10(2)3)8-11-5-6-13(15)14(16)9-11/h5-6,9,12,17H,2,4,7-8H2,1,3H3. The Hall–Kier alpha value is -1.22. The summed E-state index contributed by atoms with van der Waals surface area (Å²) in [5.74, 6) is -1.58. The molecule has 1 atom stereocenters. The Morgan fingerprint density at radius 3 is 2.59 bits per heavy atom. The van der Waals surface area contributed by atoms with Crippen LogP contribution >= 0.6 is 0 Å². The van der Waals surface area contributed by atoms with Gasteiger partial charge >= 0.3 is 0 Å². The van der Waals surface area contributed by atoms with Crippen LogP contribution < -0.4 is 5.32 Å². The van der Waals surface area contributed by atoms with E-state index < -0.39 is 11.6 Å². The molecular weight excluding hydrogens is 220 g/mol. The number of nitrogens with one attached hydrogen (secondary N) is 1. The van der Waals surface area contributed by atoms with Gasteiger partial charge in [0.2, 0.25) is 0 Å². The minimum atomic E-state index is -0.798. The molecule has 1 unspecified atom stereocenters. The maximum absolute atomic E-state index is 13.1. The fourth-order valence-electron chi connectivity index (χ4n) is 1.88. The monoisotopic (exact) mass is 239 g/mol. The molecule has 1 aromatic carbocycles. The Balaban J connectivity index is 2.71. The zero-order chi connectivity index (χ0) is 12.8. The van der Waals surface area contributed by atoms with Crippen LogP contribution in [0, 0.1) is 11.6 Å². The first-order valence-corrected chi connectivity index (χ1v) is 5.84. The second-order valence-corrected chi connectivity index (χ2v) is 4.37. The Morgan fingerprint density at radius 1 is 1.35 bits per heavy atom. The van der Waals surface area contributed by atoms with Gasteiger partial charge in [-0.25, -0.2) is 8.78 Å². The Labute approximate surface area is 102 Å². The predicted octanol–water partition coefficient (Wildman–Crippen LogP) is 3.45. The van der Waals surface area contributed by atoms with E-state index in [1.54, 1.807) is 6.07 Å². The van der Waals surface area contributed by atoms with Crippen LogP contribution in [0.5, 0.6) is 0 Å². The first-order chi connectivity index (χ1) is 8.02. The van der Waals surface area contributed by atoms with Gasteiger partial charge < -0.3 is 5.32 Å². The zero-order valence-electron chi connectivity index (χ0n) is 10.4. The van der Waals surface area contributed by atoms with Gasteiger partial charge in [0, 0.05) is 6.04 Å². The van der Waals surface area contributed by atoms with Crippen molar-refractivity contribution >= 4 is 0 Å². The van der Waals surface area contributed by atoms with E-state index >= 15 is 0 Å². The molecule has 0 aromatic heterocycles. The number of halogens is 2. The fraction of sp³-hybridized carbons (Fsp3) is 0.429. The van der Waals surface area contributed by atoms with Crippen molar-refractivity contribution in [2.24, 2.45) is 0 Å². The van der Waals surface area contributed by atoms with Crippen molar-refractivity contribution in [3.8, 4) is 0 Å². The van der Waals surface area contributed by atoms with Crippen molar-refractivity contribution in [2.45, 2.75) is 32.7 Å². The Bertz CT molecular complexity index is 388. The molecule has 0 fully saturated rings. The third-order valence-corrected chi connectivity index (χ3v) is 2.55. The number of hydrogen-bond acceptors (Lipinski definition) is 1. The van der Waals surface area contributed by atoms with Crippen molar-refractivity contribution in [2.75, 3.05) is 6.54 Å². The quantitative estimate of drug-likeness (QED) is 0.750. The summed E-state index contributed by atoms with van der Waals surface area (Å²) in [7, 11) is 0. The van der Waals surface area contributed by atoms with Crippen LogP contribution in [0.2, 0.25) is 0 Å². The number of hydrogen-bond donors (Lipinski definition) is 1. The molecule has 0 saturated carbocycles. The smallest absolute Gasteiger partial charge is 0.159 e. The van der Waals surface area contributed by atoms with Gasteiger partial charge in [0.25, 0.3) is 0 Å². The number of rotatable bonds is 6. The first kappa shape index (κ1) is 13.8. The lowest BCUT2D eigenvalue weighted by molar-refractivity contribution is 0.497. The van der Waals surface area contributed by atoms with E-state index in [4.69, 9.17) is 0 Å². The van der Waals surface area contributed by atoms with E-state index in [0.29, 0.717) is 6.42 Å². The van der Waals surface area contributed by atoms with Crippen LogP contribution in [0.3, 0.4) is 0 Å². The maximum atomic E-state index is 13.1. The molecule has 94 valence electrons. The van der Waals surface area contributed by atoms with Gasteiger partial charge in [-0.3, -0.25) is 0 Å². The summed E-state index contributed by atoms with van der Waals surface area (Å²) in [4.78, 5) is 0. The molecule has 1 aromatic rings. The average Bonchev–Trinajstić information content (AvgIpc) is 2.23. The molecule has 1 rings (SSSR count). The predicted molar refractivity (Wildman–Crippen MR) is 67.0 cm³/mol. The first-order valence-electron chi connectivity index (χ1n) is 5.84. The van der Waals surface area contributed by atoms with Gasteiger partial charge in [-0.2, -0.15) is 0 Å². The minimum absolute atomic E-state index is 0.224. The summed E-state index contributed by atoms with van der Waals surface area (Å²) in [6.07, 6.45) is 1.52. The molecular formula is C14H19F2N. The summed E-state index contributed by atoms with van der Waals surface area (Å²) >= 11 is 0. The number of benzene rings is 1. The summed E-state index contributed by atoms with van der Waals surface area (Å²) in [6.45, 7) is 8.72. The van der Waals surface area contributed by atoms with Crippen LogP contribution in [-0.4, -0.2) is 12.6 Å². The molecule has 0 heterocycles. The molecule has 0 saturated heterocycles. The van der Waals surface area contributed by atoms with Crippen molar-refractivity contribution < 1.29 is 8.78 Å². The minimum Gasteiger partial charge on any atom is -0.314 e. The molecule has 3 heteroatoms. The van der Waals surface area contributed by atoms with Gasteiger partial charge in [0.15, 0.2) is 11.6 Å². The van der Waals surface area contributed by atoms with Gasteiger partial charge in [-0.05, 0) is 44.0 Å². The third kappa shape index (κ3) is 4.65. The fourth-order valence-corrected chi connectivity index (χ4v) is 1.88. The van der Waals surface area contributed by atoms with Gasteiger partial charge in [0.05, 0.1) is 0 Å². The Kier molecular flexibility index (Phi) is 5.29. The summed E-state index contributed by atoms with van der Waals surface area (Å²) < 4.78 is 25.9. The molecule has 0 aliphatic heterocycles. The molecule has 0 spiro atoms. The van der Waals surface area contributed by atoms with E-state index in [1.807, 2.05) is 13.8 Å². The highest BCUT2D eigenvalue weighted by molar-refractivity contribution is 5.19. The van der Waals surface area contributed by atoms with Crippen LogP contribution in [0.4, 0.5) is 8.78 Å². The van der Waals surface area contributed by atoms with Crippen molar-refractivity contribution in [1.82, 2.24) is 5.32 Å². The normalized spacial score (nSPS) is 12.5. The van der Waals surface area contributed by atoms with Crippen molar-refractivity contribution in [3.05, 3.63) is 47.5 Å². The Morgan fingerprint density at radius 2 is 2.06 bits per heavy atom. The molecule has 0 amide bonds. The lowest BCUT2D eigenvalue weighted by atomic mass is 10.00. The molecule has 17 heavy (non-hydrogen) atoms. The van der Waals surface area contributed by atoms with Crippen LogP contribution in [-0.2, 0) is 6.42 Å². The van der Waals surface area contributed by atoms with Crippen LogP contribution in [0.15, 0.2) is 30.4 Å². The molecule has 0 aliphatic rings. The SMILES string of the molecule is C=C(C)CC(Cc1ccc(F)c(F)c1)NCC. The molecule has 0 bridgehead atoms. The molecule has 0 radical (unpaired) electrons. The van der Waals surface area contributed by atoms with E-state index in [2.05, 4.69) is 11.9 Å². The highest BCUT2D eigenvalue weighted by Crippen LogP contribution is 2.13. The van der Waals surface area contributed by atoms with Gasteiger partial charge in [0.1, 0.15) is 0 Å². The zero-order valence-corrected chi connectivity index (χ0v) is 10.4. The summed E-state index contributed by atoms with van der Waals surface area (Å²) in [6, 6.07) is 4.29. The van der Waals surface area contributed by atoms with Crippen molar-refractivity contribution in [1.29, 1.82) is 0 Å². The van der Waals surface area contributed by atoms with E-state index in [-0.39, 0.29) is 6.04 Å². The lowest BCUT2D eigenvalue weighted by Gasteiger charge is -2.18. The third-order valence-electron chi connectivity index (χ3n) is 2.55. The second kappa shape index (κ2) is 6.50. The lowest BCUT2D eigenvalue weighted by Crippen LogP contribution is -2.31. The molecule has 1 N–H and O–H groups in total. The summed E-state index contributed by atoms with van der Waals surface area (Å²) in [5, 5.41) is 3.32. The van der Waals surface area contributed by atoms with Crippen LogP contribution in [0.25, 0.3) is 0 Å². The van der Waals surface area contributed by atoms with Crippen LogP contribution in [0.1, 0.15) is 25.8 Å². The highest BCUT2D eigenvalue weighted by atomic mass is 19.2. The second-order valence-electron chi connectivity index (χ2n) is 4.37. The molecule has 0 aliphatic carbocycles. The van der Waals surface area contributed by atoms with E-state index in [1.165, 1.54) is 12.1 Å². The largest absolute Gasteiger partial charge is 0.314 e. The average molecular weight is 239 g/mol. The van der Waals surface area contributed by atoms with E-state index in [0.717, 1.165) is 24.1 Å². The summed E-state index contributed by atoms with van der Waals surface area (Å²) in [5.41, 5.74) is 1.88. The van der Waals surface area contributed by atoms with Gasteiger partial charge in [-0.1, -0.05) is 18.6 Å². The number of likely N-dealkylation sites (N-methyl/N-ethyl adjacent to an activating group) is 1. The highest BCUT2D eigenvalue weighted by Gasteiger charge is 2.10. The maximum Gasteiger partial charge on any atom is 0.159 e. The van der Waals surface area contributed by atoms with E-state index in [9.17, 15) is 8.78 Å². The van der Waals surface area contributed by atoms with Gasteiger partial charge in [-0.15, -0.1) is 6.58 Å². The molecule has 1 nitrogen and oxygen atoms in total.